The number of ether oxygens (including phenoxy) is 1. The molecule has 2 aliphatic heterocycles. The molecule has 1 N–H and O–H groups in total. The van der Waals surface area contributed by atoms with Crippen molar-refractivity contribution in [1.82, 2.24) is 9.21 Å². The summed E-state index contributed by atoms with van der Waals surface area (Å²) in [4.78, 5) is 24.4. The van der Waals surface area contributed by atoms with E-state index >= 15 is 0 Å². The first kappa shape index (κ1) is 20.0. The van der Waals surface area contributed by atoms with Crippen molar-refractivity contribution < 1.29 is 27.9 Å². The number of aliphatic carboxylic acids is 1. The van der Waals surface area contributed by atoms with Crippen molar-refractivity contribution in [3.63, 3.8) is 0 Å². The minimum absolute atomic E-state index is 0.0363. The second-order valence-corrected chi connectivity index (χ2v) is 10.0. The van der Waals surface area contributed by atoms with Crippen molar-refractivity contribution in [2.45, 2.75) is 52.1 Å². The highest BCUT2D eigenvalue weighted by molar-refractivity contribution is 7.89. The molecule has 1 amide bonds. The van der Waals surface area contributed by atoms with Gasteiger partial charge in [0.2, 0.25) is 10.0 Å². The van der Waals surface area contributed by atoms with Crippen LogP contribution in [-0.2, 0) is 19.6 Å². The van der Waals surface area contributed by atoms with Crippen LogP contribution in [0.1, 0.15) is 46.5 Å². The number of carbonyl (C=O) groups excluding carboxylic acids is 1. The number of hydrogen-bond donors (Lipinski definition) is 1. The summed E-state index contributed by atoms with van der Waals surface area (Å²) in [7, 11) is -3.35. The number of carboxylic acids is 1. The average molecular weight is 376 g/mol. The van der Waals surface area contributed by atoms with Gasteiger partial charge in [0, 0.05) is 38.0 Å². The molecular weight excluding hydrogens is 348 g/mol. The van der Waals surface area contributed by atoms with Crippen LogP contribution in [0.4, 0.5) is 4.79 Å². The van der Waals surface area contributed by atoms with E-state index in [9.17, 15) is 18.0 Å². The van der Waals surface area contributed by atoms with Gasteiger partial charge in [-0.05, 0) is 40.0 Å². The van der Waals surface area contributed by atoms with E-state index in [-0.39, 0.29) is 30.2 Å². The van der Waals surface area contributed by atoms with Crippen LogP contribution >= 0.6 is 0 Å². The van der Waals surface area contributed by atoms with E-state index in [1.165, 1.54) is 4.31 Å². The van der Waals surface area contributed by atoms with E-state index < -0.39 is 21.6 Å². The van der Waals surface area contributed by atoms with E-state index in [2.05, 4.69) is 0 Å². The summed E-state index contributed by atoms with van der Waals surface area (Å²) < 4.78 is 31.6. The molecule has 2 fully saturated rings. The molecule has 2 saturated heterocycles. The van der Waals surface area contributed by atoms with Crippen LogP contribution in [0, 0.1) is 5.41 Å². The summed E-state index contributed by atoms with van der Waals surface area (Å²) in [6.07, 6.45) is 1.14. The number of amides is 1. The molecule has 25 heavy (non-hydrogen) atoms. The van der Waals surface area contributed by atoms with Crippen molar-refractivity contribution in [3.05, 3.63) is 0 Å². The van der Waals surface area contributed by atoms with Gasteiger partial charge in [0.05, 0.1) is 5.75 Å². The highest BCUT2D eigenvalue weighted by atomic mass is 32.2. The quantitative estimate of drug-likeness (QED) is 0.798. The number of nitrogens with zero attached hydrogens (tertiary/aromatic N) is 2. The molecule has 0 bridgehead atoms. The second-order valence-electron chi connectivity index (χ2n) is 8.05. The smallest absolute Gasteiger partial charge is 0.410 e. The Balaban J connectivity index is 1.92. The van der Waals surface area contributed by atoms with Gasteiger partial charge >= 0.3 is 12.1 Å². The number of hydrogen-bond acceptors (Lipinski definition) is 5. The number of likely N-dealkylation sites (tertiary alicyclic amines) is 1. The van der Waals surface area contributed by atoms with Gasteiger partial charge in [-0.15, -0.1) is 0 Å². The minimum atomic E-state index is -3.35. The lowest BCUT2D eigenvalue weighted by molar-refractivity contribution is -0.137. The molecule has 0 saturated carbocycles. The van der Waals surface area contributed by atoms with Gasteiger partial charge in [0.1, 0.15) is 5.60 Å². The van der Waals surface area contributed by atoms with E-state index in [4.69, 9.17) is 9.84 Å². The highest BCUT2D eigenvalue weighted by Crippen LogP contribution is 2.40. The monoisotopic (exact) mass is 376 g/mol. The maximum Gasteiger partial charge on any atom is 0.410 e. The van der Waals surface area contributed by atoms with Crippen molar-refractivity contribution in [2.24, 2.45) is 5.41 Å². The molecule has 2 rings (SSSR count). The first-order valence-electron chi connectivity index (χ1n) is 8.60. The molecule has 2 aliphatic rings. The molecule has 0 unspecified atom stereocenters. The minimum Gasteiger partial charge on any atom is -0.481 e. The Bertz CT molecular complexity index is 617. The van der Waals surface area contributed by atoms with Crippen LogP contribution in [0.5, 0.6) is 0 Å². The Morgan fingerprint density at radius 3 is 2.32 bits per heavy atom. The number of carbonyl (C=O) groups is 2. The third-order valence-corrected chi connectivity index (χ3v) is 6.74. The van der Waals surface area contributed by atoms with Gasteiger partial charge in [0.25, 0.3) is 0 Å². The van der Waals surface area contributed by atoms with Gasteiger partial charge in [-0.1, -0.05) is 0 Å². The molecule has 0 aromatic carbocycles. The maximum absolute atomic E-state index is 12.4. The Hall–Kier alpha value is -1.35. The molecule has 2 heterocycles. The Kier molecular flexibility index (Phi) is 5.68. The highest BCUT2D eigenvalue weighted by Gasteiger charge is 2.49. The zero-order valence-corrected chi connectivity index (χ0v) is 16.0. The largest absolute Gasteiger partial charge is 0.481 e. The summed E-state index contributed by atoms with van der Waals surface area (Å²) in [6, 6.07) is 0. The fraction of sp³-hybridized carbons (Fsp3) is 0.875. The summed E-state index contributed by atoms with van der Waals surface area (Å²) in [5.74, 6) is -0.841. The first-order valence-corrected chi connectivity index (χ1v) is 10.2. The molecular formula is C16H28N2O6S. The molecule has 8 nitrogen and oxygen atoms in total. The van der Waals surface area contributed by atoms with E-state index in [1.54, 1.807) is 4.90 Å². The molecule has 0 aromatic rings. The third-order valence-electron chi connectivity index (χ3n) is 4.67. The predicted octanol–water partition coefficient (Wildman–Crippen LogP) is 1.51. The molecule has 0 radical (unpaired) electrons. The van der Waals surface area contributed by atoms with Gasteiger partial charge in [-0.2, -0.15) is 0 Å². The number of piperidine rings is 1. The van der Waals surface area contributed by atoms with E-state index in [0.29, 0.717) is 38.9 Å². The Morgan fingerprint density at radius 1 is 1.20 bits per heavy atom. The fourth-order valence-electron chi connectivity index (χ4n) is 3.41. The van der Waals surface area contributed by atoms with Crippen molar-refractivity contribution >= 4 is 22.1 Å². The van der Waals surface area contributed by atoms with Crippen LogP contribution in [0.2, 0.25) is 0 Å². The molecule has 144 valence electrons. The number of carboxylic acid groups (broad SMARTS) is 1. The van der Waals surface area contributed by atoms with Crippen LogP contribution < -0.4 is 0 Å². The SMILES string of the molecule is CC(C)(C)OC(=O)N1CCC2(CC1)CN(CCCC(=O)O)S(=O)(=O)C2. The van der Waals surface area contributed by atoms with Crippen molar-refractivity contribution in [2.75, 3.05) is 31.9 Å². The Labute approximate surface area is 149 Å². The lowest BCUT2D eigenvalue weighted by Gasteiger charge is -2.38. The van der Waals surface area contributed by atoms with Crippen LogP contribution in [0.25, 0.3) is 0 Å². The summed E-state index contributed by atoms with van der Waals surface area (Å²) in [6.45, 7) is 7.06. The Morgan fingerprint density at radius 2 is 1.80 bits per heavy atom. The summed E-state index contributed by atoms with van der Waals surface area (Å²) in [5, 5.41) is 8.70. The topological polar surface area (TPSA) is 104 Å². The molecule has 0 atom stereocenters. The number of rotatable bonds is 4. The maximum atomic E-state index is 12.4. The number of sulfonamides is 1. The normalized spacial score (nSPS) is 22.9. The van der Waals surface area contributed by atoms with Gasteiger partial charge in [0.15, 0.2) is 0 Å². The lowest BCUT2D eigenvalue weighted by atomic mass is 9.80. The summed E-state index contributed by atoms with van der Waals surface area (Å²) in [5.41, 5.74) is -0.898. The van der Waals surface area contributed by atoms with Gasteiger partial charge in [-0.25, -0.2) is 17.5 Å². The van der Waals surface area contributed by atoms with E-state index in [0.717, 1.165) is 0 Å². The van der Waals surface area contributed by atoms with Gasteiger partial charge < -0.3 is 14.7 Å². The predicted molar refractivity (Wildman–Crippen MR) is 91.7 cm³/mol. The molecule has 9 heteroatoms. The van der Waals surface area contributed by atoms with E-state index in [1.807, 2.05) is 20.8 Å². The van der Waals surface area contributed by atoms with Crippen molar-refractivity contribution in [1.29, 1.82) is 0 Å². The lowest BCUT2D eigenvalue weighted by Crippen LogP contribution is -2.46. The fourth-order valence-corrected chi connectivity index (χ4v) is 5.63. The van der Waals surface area contributed by atoms with Gasteiger partial charge in [-0.3, -0.25) is 4.79 Å². The zero-order chi connectivity index (χ0) is 18.9. The standard InChI is InChI=1S/C16H28N2O6S/c1-15(2,3)24-14(21)17-9-6-16(7-10-17)11-18(25(22,23)12-16)8-4-5-13(19)20/h4-12H2,1-3H3,(H,19,20). The van der Waals surface area contributed by atoms with Crippen molar-refractivity contribution in [3.8, 4) is 0 Å². The average Bonchev–Trinajstić information content (AvgIpc) is 2.68. The third kappa shape index (κ3) is 5.31. The summed E-state index contributed by atoms with van der Waals surface area (Å²) >= 11 is 0. The first-order chi connectivity index (χ1) is 11.4. The van der Waals surface area contributed by atoms with Crippen LogP contribution in [-0.4, -0.2) is 72.3 Å². The van der Waals surface area contributed by atoms with Crippen LogP contribution in [0.15, 0.2) is 0 Å². The molecule has 0 aliphatic carbocycles. The molecule has 1 spiro atoms. The second kappa shape index (κ2) is 7.11. The molecule has 0 aromatic heterocycles. The van der Waals surface area contributed by atoms with Crippen LogP contribution in [0.3, 0.4) is 0 Å². The zero-order valence-electron chi connectivity index (χ0n) is 15.2.